The number of benzene rings is 1. The van der Waals surface area contributed by atoms with E-state index < -0.39 is 0 Å². The molecule has 0 radical (unpaired) electrons. The Bertz CT molecular complexity index is 343. The van der Waals surface area contributed by atoms with Crippen LogP contribution in [0.15, 0.2) is 18.2 Å². The molecule has 0 aliphatic carbocycles. The van der Waals surface area contributed by atoms with Crippen molar-refractivity contribution in [3.63, 3.8) is 0 Å². The molecule has 0 unspecified atom stereocenters. The third-order valence-electron chi connectivity index (χ3n) is 2.93. The molecule has 2 nitrogen and oxygen atoms in total. The number of hydrogen-bond donors (Lipinski definition) is 1. The van der Waals surface area contributed by atoms with Gasteiger partial charge in [-0.05, 0) is 31.4 Å². The first kappa shape index (κ1) is 10.4. The van der Waals surface area contributed by atoms with E-state index in [4.69, 9.17) is 5.73 Å². The minimum absolute atomic E-state index is 0.115. The molecule has 0 bridgehead atoms. The molecule has 1 saturated heterocycles. The standard InChI is InChI=1S/C12H17FN2/c1-9(14)10-5-4-6-11(13)12(10)15-7-2-3-8-15/h4-6,9H,2-3,7-8,14H2,1H3/t9-/m0/s1. The molecule has 0 amide bonds. The van der Waals surface area contributed by atoms with Gasteiger partial charge in [0.05, 0.1) is 5.69 Å². The van der Waals surface area contributed by atoms with Crippen LogP contribution >= 0.6 is 0 Å². The molecule has 2 N–H and O–H groups in total. The van der Waals surface area contributed by atoms with E-state index in [9.17, 15) is 4.39 Å². The Labute approximate surface area is 89.9 Å². The van der Waals surface area contributed by atoms with Gasteiger partial charge in [0.2, 0.25) is 0 Å². The van der Waals surface area contributed by atoms with Crippen LogP contribution in [-0.2, 0) is 0 Å². The quantitative estimate of drug-likeness (QED) is 0.808. The molecule has 3 heteroatoms. The first-order chi connectivity index (χ1) is 7.20. The van der Waals surface area contributed by atoms with Crippen molar-refractivity contribution < 1.29 is 4.39 Å². The number of nitrogens with two attached hydrogens (primary N) is 1. The number of para-hydroxylation sites is 1. The third kappa shape index (κ3) is 1.97. The average molecular weight is 208 g/mol. The highest BCUT2D eigenvalue weighted by molar-refractivity contribution is 5.56. The lowest BCUT2D eigenvalue weighted by Gasteiger charge is -2.23. The molecule has 82 valence electrons. The Morgan fingerprint density at radius 2 is 2.00 bits per heavy atom. The highest BCUT2D eigenvalue weighted by Gasteiger charge is 2.20. The summed E-state index contributed by atoms with van der Waals surface area (Å²) in [6, 6.07) is 5.05. The number of halogens is 1. The molecular formula is C12H17FN2. The van der Waals surface area contributed by atoms with E-state index in [1.54, 1.807) is 6.07 Å². The van der Waals surface area contributed by atoms with Gasteiger partial charge >= 0.3 is 0 Å². The van der Waals surface area contributed by atoms with Gasteiger partial charge in [-0.2, -0.15) is 0 Å². The fourth-order valence-corrected chi connectivity index (χ4v) is 2.17. The molecule has 0 saturated carbocycles. The van der Waals surface area contributed by atoms with E-state index in [0.29, 0.717) is 5.69 Å². The first-order valence-corrected chi connectivity index (χ1v) is 5.49. The van der Waals surface area contributed by atoms with Gasteiger partial charge in [-0.1, -0.05) is 12.1 Å². The van der Waals surface area contributed by atoms with E-state index in [1.807, 2.05) is 13.0 Å². The van der Waals surface area contributed by atoms with Crippen molar-refractivity contribution in [1.29, 1.82) is 0 Å². The Morgan fingerprint density at radius 3 is 2.60 bits per heavy atom. The van der Waals surface area contributed by atoms with Crippen molar-refractivity contribution in [3.05, 3.63) is 29.6 Å². The maximum absolute atomic E-state index is 13.8. The topological polar surface area (TPSA) is 29.3 Å². The van der Waals surface area contributed by atoms with Gasteiger partial charge in [-0.3, -0.25) is 0 Å². The van der Waals surface area contributed by atoms with Crippen LogP contribution in [0.4, 0.5) is 10.1 Å². The van der Waals surface area contributed by atoms with E-state index in [1.165, 1.54) is 6.07 Å². The average Bonchev–Trinajstić information content (AvgIpc) is 2.70. The zero-order valence-corrected chi connectivity index (χ0v) is 9.04. The summed E-state index contributed by atoms with van der Waals surface area (Å²) in [5.41, 5.74) is 7.48. The lowest BCUT2D eigenvalue weighted by Crippen LogP contribution is -2.22. The van der Waals surface area contributed by atoms with Gasteiger partial charge in [0.25, 0.3) is 0 Å². The van der Waals surface area contributed by atoms with Gasteiger partial charge in [0.15, 0.2) is 0 Å². The van der Waals surface area contributed by atoms with Crippen molar-refractivity contribution in [1.82, 2.24) is 0 Å². The third-order valence-corrected chi connectivity index (χ3v) is 2.93. The fourth-order valence-electron chi connectivity index (χ4n) is 2.17. The zero-order chi connectivity index (χ0) is 10.8. The SMILES string of the molecule is C[C@H](N)c1cccc(F)c1N1CCCC1. The van der Waals surface area contributed by atoms with Gasteiger partial charge in [0.1, 0.15) is 5.82 Å². The highest BCUT2D eigenvalue weighted by Crippen LogP contribution is 2.30. The minimum atomic E-state index is -0.147. The second-order valence-electron chi connectivity index (χ2n) is 4.16. The maximum Gasteiger partial charge on any atom is 0.146 e. The second kappa shape index (κ2) is 4.19. The van der Waals surface area contributed by atoms with Crippen LogP contribution in [0.2, 0.25) is 0 Å². The number of rotatable bonds is 2. The molecule has 1 fully saturated rings. The molecule has 1 aromatic carbocycles. The minimum Gasteiger partial charge on any atom is -0.369 e. The summed E-state index contributed by atoms with van der Waals surface area (Å²) in [6.45, 7) is 3.79. The number of anilines is 1. The molecule has 0 spiro atoms. The Kier molecular flexibility index (Phi) is 2.91. The molecule has 2 rings (SSSR count). The van der Waals surface area contributed by atoms with Crippen LogP contribution in [0, 0.1) is 5.82 Å². The lowest BCUT2D eigenvalue weighted by molar-refractivity contribution is 0.617. The van der Waals surface area contributed by atoms with E-state index in [0.717, 1.165) is 31.5 Å². The van der Waals surface area contributed by atoms with Crippen molar-refractivity contribution >= 4 is 5.69 Å². The molecule has 1 aliphatic rings. The molecule has 1 aliphatic heterocycles. The summed E-state index contributed by atoms with van der Waals surface area (Å²) in [5.74, 6) is -0.147. The zero-order valence-electron chi connectivity index (χ0n) is 9.04. The van der Waals surface area contributed by atoms with Crippen LogP contribution < -0.4 is 10.6 Å². The maximum atomic E-state index is 13.8. The summed E-state index contributed by atoms with van der Waals surface area (Å²) in [4.78, 5) is 2.11. The van der Waals surface area contributed by atoms with Crippen LogP contribution in [0.1, 0.15) is 31.4 Å². The van der Waals surface area contributed by atoms with E-state index >= 15 is 0 Å². The summed E-state index contributed by atoms with van der Waals surface area (Å²) in [7, 11) is 0. The number of hydrogen-bond acceptors (Lipinski definition) is 2. The monoisotopic (exact) mass is 208 g/mol. The summed E-state index contributed by atoms with van der Waals surface area (Å²) >= 11 is 0. The van der Waals surface area contributed by atoms with Crippen molar-refractivity contribution in [2.75, 3.05) is 18.0 Å². The number of nitrogens with zero attached hydrogens (tertiary/aromatic N) is 1. The molecule has 15 heavy (non-hydrogen) atoms. The van der Waals surface area contributed by atoms with Gasteiger partial charge in [0, 0.05) is 19.1 Å². The van der Waals surface area contributed by atoms with Crippen molar-refractivity contribution in [3.8, 4) is 0 Å². The summed E-state index contributed by atoms with van der Waals surface area (Å²) in [5, 5.41) is 0. The van der Waals surface area contributed by atoms with Crippen LogP contribution in [0.3, 0.4) is 0 Å². The molecule has 1 aromatic rings. The predicted octanol–water partition coefficient (Wildman–Crippen LogP) is 2.45. The Morgan fingerprint density at radius 1 is 1.33 bits per heavy atom. The molecule has 1 atom stereocenters. The van der Waals surface area contributed by atoms with Crippen molar-refractivity contribution in [2.45, 2.75) is 25.8 Å². The fraction of sp³-hybridized carbons (Fsp3) is 0.500. The van der Waals surface area contributed by atoms with Gasteiger partial charge in [-0.15, -0.1) is 0 Å². The highest BCUT2D eigenvalue weighted by atomic mass is 19.1. The van der Waals surface area contributed by atoms with Gasteiger partial charge < -0.3 is 10.6 Å². The Hall–Kier alpha value is -1.09. The van der Waals surface area contributed by atoms with E-state index in [2.05, 4.69) is 4.90 Å². The van der Waals surface area contributed by atoms with Crippen LogP contribution in [0.25, 0.3) is 0 Å². The van der Waals surface area contributed by atoms with Crippen LogP contribution in [0.5, 0.6) is 0 Å². The molecule has 0 aromatic heterocycles. The lowest BCUT2D eigenvalue weighted by atomic mass is 10.1. The summed E-state index contributed by atoms with van der Waals surface area (Å²) in [6.07, 6.45) is 2.29. The predicted molar refractivity (Wildman–Crippen MR) is 60.4 cm³/mol. The van der Waals surface area contributed by atoms with Crippen LogP contribution in [-0.4, -0.2) is 13.1 Å². The van der Waals surface area contributed by atoms with Gasteiger partial charge in [-0.25, -0.2) is 4.39 Å². The normalized spacial score (nSPS) is 18.2. The largest absolute Gasteiger partial charge is 0.369 e. The first-order valence-electron chi connectivity index (χ1n) is 5.49. The molecular weight excluding hydrogens is 191 g/mol. The van der Waals surface area contributed by atoms with E-state index in [-0.39, 0.29) is 11.9 Å². The smallest absolute Gasteiger partial charge is 0.146 e. The second-order valence-corrected chi connectivity index (χ2v) is 4.16. The van der Waals surface area contributed by atoms with Crippen molar-refractivity contribution in [2.24, 2.45) is 5.73 Å². The summed E-state index contributed by atoms with van der Waals surface area (Å²) < 4.78 is 13.8. The molecule has 1 heterocycles. The Balaban J connectivity index is 2.41.